The zero-order valence-electron chi connectivity index (χ0n) is 10.9. The Labute approximate surface area is 127 Å². The van der Waals surface area contributed by atoms with Crippen molar-refractivity contribution in [3.05, 3.63) is 69.7 Å². The lowest BCUT2D eigenvalue weighted by molar-refractivity contribution is -0.137. The van der Waals surface area contributed by atoms with Crippen molar-refractivity contribution in [1.29, 1.82) is 0 Å². The van der Waals surface area contributed by atoms with Crippen LogP contribution in [0.4, 0.5) is 13.2 Å². The number of nitrogens with zero attached hydrogens (tertiary/aromatic N) is 2. The molecule has 0 aliphatic rings. The fourth-order valence-corrected chi connectivity index (χ4v) is 2.36. The lowest BCUT2D eigenvalue weighted by atomic mass is 10.2. The third-order valence-corrected chi connectivity index (χ3v) is 3.53. The minimum absolute atomic E-state index is 0.0555. The summed E-state index contributed by atoms with van der Waals surface area (Å²) >= 11 is 5.58. The maximum atomic E-state index is 12.9. The van der Waals surface area contributed by atoms with Crippen LogP contribution in [0, 0.1) is 0 Å². The first kappa shape index (κ1) is 14.6. The Kier molecular flexibility index (Phi) is 3.41. The van der Waals surface area contributed by atoms with Crippen LogP contribution in [-0.4, -0.2) is 9.55 Å². The predicted molar refractivity (Wildman–Crippen MR) is 77.4 cm³/mol. The molecule has 112 valence electrons. The van der Waals surface area contributed by atoms with Crippen molar-refractivity contribution in [2.24, 2.45) is 0 Å². The van der Waals surface area contributed by atoms with Crippen molar-refractivity contribution in [3.63, 3.8) is 0 Å². The Morgan fingerprint density at radius 3 is 2.55 bits per heavy atom. The van der Waals surface area contributed by atoms with Gasteiger partial charge in [0.1, 0.15) is 6.33 Å². The quantitative estimate of drug-likeness (QED) is 0.676. The van der Waals surface area contributed by atoms with E-state index in [2.05, 4.69) is 4.98 Å². The van der Waals surface area contributed by atoms with E-state index in [9.17, 15) is 18.0 Å². The van der Waals surface area contributed by atoms with Gasteiger partial charge in [0, 0.05) is 0 Å². The fourth-order valence-electron chi connectivity index (χ4n) is 2.13. The standard InChI is InChI=1S/C15H8ClF3N2O/c16-12-6-5-9(7-11(12)15(17,18)19)21-8-20-13-4-2-1-3-10(13)14(21)22/h1-8H. The minimum atomic E-state index is -4.60. The molecule has 0 unspecified atom stereocenters. The van der Waals surface area contributed by atoms with E-state index in [1.165, 1.54) is 12.4 Å². The summed E-state index contributed by atoms with van der Waals surface area (Å²) < 4.78 is 39.8. The molecular weight excluding hydrogens is 317 g/mol. The summed E-state index contributed by atoms with van der Waals surface area (Å²) in [5.41, 5.74) is -0.901. The summed E-state index contributed by atoms with van der Waals surface area (Å²) in [5, 5.41) is -0.0912. The van der Waals surface area contributed by atoms with E-state index in [4.69, 9.17) is 11.6 Å². The summed E-state index contributed by atoms with van der Waals surface area (Å²) in [5.74, 6) is 0. The lowest BCUT2D eigenvalue weighted by Gasteiger charge is -2.12. The van der Waals surface area contributed by atoms with E-state index in [1.54, 1.807) is 24.3 Å². The molecular formula is C15H8ClF3N2O. The molecule has 0 amide bonds. The number of para-hydroxylation sites is 1. The van der Waals surface area contributed by atoms with E-state index in [1.807, 2.05) is 0 Å². The van der Waals surface area contributed by atoms with Gasteiger partial charge in [0.15, 0.2) is 0 Å². The number of aromatic nitrogens is 2. The van der Waals surface area contributed by atoms with E-state index >= 15 is 0 Å². The molecule has 2 aromatic carbocycles. The molecule has 0 N–H and O–H groups in total. The van der Waals surface area contributed by atoms with Gasteiger partial charge in [-0.1, -0.05) is 23.7 Å². The van der Waals surface area contributed by atoms with Gasteiger partial charge >= 0.3 is 6.18 Å². The smallest absolute Gasteiger partial charge is 0.268 e. The summed E-state index contributed by atoms with van der Waals surface area (Å²) in [7, 11) is 0. The van der Waals surface area contributed by atoms with Crippen LogP contribution in [0.3, 0.4) is 0 Å². The summed E-state index contributed by atoms with van der Waals surface area (Å²) in [6.07, 6.45) is -3.39. The number of rotatable bonds is 1. The molecule has 0 radical (unpaired) electrons. The van der Waals surface area contributed by atoms with Crippen molar-refractivity contribution in [3.8, 4) is 5.69 Å². The third-order valence-electron chi connectivity index (χ3n) is 3.20. The first-order valence-electron chi connectivity index (χ1n) is 6.21. The van der Waals surface area contributed by atoms with Crippen molar-refractivity contribution >= 4 is 22.5 Å². The Hall–Kier alpha value is -2.34. The van der Waals surface area contributed by atoms with Crippen LogP contribution in [0.15, 0.2) is 53.6 Å². The molecule has 0 bridgehead atoms. The molecule has 22 heavy (non-hydrogen) atoms. The van der Waals surface area contributed by atoms with Crippen LogP contribution in [0.2, 0.25) is 5.02 Å². The molecule has 0 atom stereocenters. The van der Waals surface area contributed by atoms with E-state index in [-0.39, 0.29) is 5.69 Å². The SMILES string of the molecule is O=c1c2ccccc2ncn1-c1ccc(Cl)c(C(F)(F)F)c1. The van der Waals surface area contributed by atoms with Crippen molar-refractivity contribution in [1.82, 2.24) is 9.55 Å². The number of hydrogen-bond acceptors (Lipinski definition) is 2. The molecule has 1 aromatic heterocycles. The zero-order valence-corrected chi connectivity index (χ0v) is 11.7. The van der Waals surface area contributed by atoms with Gasteiger partial charge < -0.3 is 0 Å². The predicted octanol–water partition coefficient (Wildman–Crippen LogP) is 4.06. The molecule has 0 aliphatic heterocycles. The van der Waals surface area contributed by atoms with E-state index in [0.717, 1.165) is 16.7 Å². The molecule has 7 heteroatoms. The van der Waals surface area contributed by atoms with Crippen molar-refractivity contribution < 1.29 is 13.2 Å². The molecule has 0 saturated heterocycles. The molecule has 3 rings (SSSR count). The van der Waals surface area contributed by atoms with Gasteiger partial charge in [0.05, 0.1) is 27.2 Å². The Bertz CT molecular complexity index is 919. The van der Waals surface area contributed by atoms with Crippen LogP contribution >= 0.6 is 11.6 Å². The van der Waals surface area contributed by atoms with Gasteiger partial charge in [0.25, 0.3) is 5.56 Å². The minimum Gasteiger partial charge on any atom is -0.268 e. The average Bonchev–Trinajstić information content (AvgIpc) is 2.48. The second-order valence-corrected chi connectivity index (χ2v) is 5.01. The summed E-state index contributed by atoms with van der Waals surface area (Å²) in [6.45, 7) is 0. The highest BCUT2D eigenvalue weighted by Crippen LogP contribution is 2.35. The van der Waals surface area contributed by atoms with E-state index < -0.39 is 22.3 Å². The topological polar surface area (TPSA) is 34.9 Å². The molecule has 3 nitrogen and oxygen atoms in total. The molecule has 0 aliphatic carbocycles. The molecule has 0 saturated carbocycles. The largest absolute Gasteiger partial charge is 0.417 e. The Morgan fingerprint density at radius 1 is 1.09 bits per heavy atom. The first-order valence-corrected chi connectivity index (χ1v) is 6.59. The van der Waals surface area contributed by atoms with Crippen LogP contribution in [0.5, 0.6) is 0 Å². The summed E-state index contributed by atoms with van der Waals surface area (Å²) in [6, 6.07) is 9.91. The van der Waals surface area contributed by atoms with Crippen LogP contribution in [0.25, 0.3) is 16.6 Å². The summed E-state index contributed by atoms with van der Waals surface area (Å²) in [4.78, 5) is 16.5. The Balaban J connectivity index is 2.24. The van der Waals surface area contributed by atoms with Crippen molar-refractivity contribution in [2.45, 2.75) is 6.18 Å². The molecule has 1 heterocycles. The number of fused-ring (bicyclic) bond motifs is 1. The number of benzene rings is 2. The number of halogens is 4. The Morgan fingerprint density at radius 2 is 1.82 bits per heavy atom. The zero-order chi connectivity index (χ0) is 15.9. The number of alkyl halides is 3. The second kappa shape index (κ2) is 5.14. The van der Waals surface area contributed by atoms with Gasteiger partial charge in [-0.3, -0.25) is 9.36 Å². The maximum absolute atomic E-state index is 12.9. The molecule has 3 aromatic rings. The maximum Gasteiger partial charge on any atom is 0.417 e. The molecule has 0 spiro atoms. The van der Waals surface area contributed by atoms with Crippen LogP contribution < -0.4 is 5.56 Å². The molecule has 0 fully saturated rings. The highest BCUT2D eigenvalue weighted by molar-refractivity contribution is 6.31. The highest BCUT2D eigenvalue weighted by Gasteiger charge is 2.33. The third kappa shape index (κ3) is 2.46. The van der Waals surface area contributed by atoms with Gasteiger partial charge in [-0.15, -0.1) is 0 Å². The average molecular weight is 325 g/mol. The van der Waals surface area contributed by atoms with Gasteiger partial charge in [-0.25, -0.2) is 4.98 Å². The normalized spacial score (nSPS) is 11.8. The van der Waals surface area contributed by atoms with Crippen LogP contribution in [-0.2, 0) is 6.18 Å². The van der Waals surface area contributed by atoms with E-state index in [0.29, 0.717) is 10.9 Å². The van der Waals surface area contributed by atoms with Gasteiger partial charge in [-0.2, -0.15) is 13.2 Å². The van der Waals surface area contributed by atoms with Gasteiger partial charge in [-0.05, 0) is 30.3 Å². The first-order chi connectivity index (χ1) is 10.4. The van der Waals surface area contributed by atoms with Gasteiger partial charge in [0.2, 0.25) is 0 Å². The number of hydrogen-bond donors (Lipinski definition) is 0. The lowest BCUT2D eigenvalue weighted by Crippen LogP contribution is -2.19. The van der Waals surface area contributed by atoms with Crippen LogP contribution in [0.1, 0.15) is 5.56 Å². The van der Waals surface area contributed by atoms with Crippen molar-refractivity contribution in [2.75, 3.05) is 0 Å². The highest BCUT2D eigenvalue weighted by atomic mass is 35.5. The second-order valence-electron chi connectivity index (χ2n) is 4.60. The monoisotopic (exact) mass is 324 g/mol. The fraction of sp³-hybridized carbons (Fsp3) is 0.0667.